The lowest BCUT2D eigenvalue weighted by Gasteiger charge is -2.25. The lowest BCUT2D eigenvalue weighted by atomic mass is 10.2. The molecule has 148 valence electrons. The van der Waals surface area contributed by atoms with Gasteiger partial charge in [-0.05, 0) is 46.3 Å². The van der Waals surface area contributed by atoms with Crippen molar-refractivity contribution < 1.29 is 22.6 Å². The molecule has 1 aliphatic heterocycles. The fourth-order valence-corrected chi connectivity index (χ4v) is 6.26. The van der Waals surface area contributed by atoms with Crippen molar-refractivity contribution >= 4 is 37.3 Å². The van der Waals surface area contributed by atoms with Crippen LogP contribution >= 0.6 is 27.3 Å². The molecule has 1 aromatic carbocycles. The number of hydrogen-bond acceptors (Lipinski definition) is 6. The van der Waals surface area contributed by atoms with Crippen LogP contribution in [0.3, 0.4) is 0 Å². The van der Waals surface area contributed by atoms with Crippen LogP contribution in [0, 0.1) is 0 Å². The van der Waals surface area contributed by atoms with Crippen LogP contribution in [0.15, 0.2) is 39.0 Å². The highest BCUT2D eigenvalue weighted by Gasteiger charge is 2.32. The van der Waals surface area contributed by atoms with Crippen LogP contribution in [-0.2, 0) is 21.3 Å². The molecule has 27 heavy (non-hydrogen) atoms. The van der Waals surface area contributed by atoms with E-state index in [1.807, 2.05) is 17.5 Å². The topological polar surface area (TPSA) is 65.1 Å². The fraction of sp³-hybridized carbons (Fsp3) is 0.444. The molecule has 6 nitrogen and oxygen atoms in total. The zero-order valence-corrected chi connectivity index (χ0v) is 18.4. The van der Waals surface area contributed by atoms with Gasteiger partial charge in [-0.25, -0.2) is 8.42 Å². The van der Waals surface area contributed by atoms with Crippen molar-refractivity contribution in [3.05, 3.63) is 39.0 Å². The van der Waals surface area contributed by atoms with E-state index in [2.05, 4.69) is 15.9 Å². The van der Waals surface area contributed by atoms with E-state index in [9.17, 15) is 8.42 Å². The molecule has 0 bridgehead atoms. The number of thiophene rings is 1. The molecule has 2 aromatic rings. The molecular formula is C18H22BrNO5S2. The largest absolute Gasteiger partial charge is 0.493 e. The quantitative estimate of drug-likeness (QED) is 0.579. The minimum atomic E-state index is -3.78. The highest BCUT2D eigenvalue weighted by molar-refractivity contribution is 9.10. The van der Waals surface area contributed by atoms with Crippen LogP contribution in [0.25, 0.3) is 0 Å². The summed E-state index contributed by atoms with van der Waals surface area (Å²) in [6, 6.07) is 6.96. The van der Waals surface area contributed by atoms with E-state index in [1.165, 1.54) is 35.9 Å². The summed E-state index contributed by atoms with van der Waals surface area (Å²) in [6.45, 7) is 1.30. The Morgan fingerprint density at radius 2 is 2.04 bits per heavy atom. The van der Waals surface area contributed by atoms with Crippen molar-refractivity contribution in [1.82, 2.24) is 4.31 Å². The maximum atomic E-state index is 13.5. The average molecular weight is 476 g/mol. The zero-order valence-electron chi connectivity index (χ0n) is 15.2. The molecule has 9 heteroatoms. The normalized spacial score (nSPS) is 17.4. The predicted octanol–water partition coefficient (Wildman–Crippen LogP) is 3.90. The van der Waals surface area contributed by atoms with E-state index in [1.54, 1.807) is 6.07 Å². The van der Waals surface area contributed by atoms with Gasteiger partial charge in [0.25, 0.3) is 0 Å². The lowest BCUT2D eigenvalue weighted by molar-refractivity contribution is 0.0927. The first kappa shape index (κ1) is 20.6. The second kappa shape index (κ2) is 8.91. The molecule has 0 aliphatic carbocycles. The summed E-state index contributed by atoms with van der Waals surface area (Å²) in [5, 5.41) is 1.94. The first-order chi connectivity index (χ1) is 13.0. The van der Waals surface area contributed by atoms with Crippen molar-refractivity contribution in [2.75, 3.05) is 27.4 Å². The van der Waals surface area contributed by atoms with Crippen LogP contribution < -0.4 is 9.47 Å². The standard InChI is InChI=1S/C18H22BrNO5S2/c1-23-16-9-15(19)18(10-17(16)24-2)27(21,22)20(11-13-5-3-7-25-13)12-14-6-4-8-26-14/h4,6,8-10,13H,3,5,7,11-12H2,1-2H3/t13-/m0/s1. The van der Waals surface area contributed by atoms with Crippen molar-refractivity contribution in [1.29, 1.82) is 0 Å². The Morgan fingerprint density at radius 1 is 1.30 bits per heavy atom. The third-order valence-electron chi connectivity index (χ3n) is 4.40. The number of methoxy groups -OCH3 is 2. The number of halogens is 1. The molecule has 0 unspecified atom stereocenters. The van der Waals surface area contributed by atoms with E-state index in [4.69, 9.17) is 14.2 Å². The number of hydrogen-bond donors (Lipinski definition) is 0. The third kappa shape index (κ3) is 4.65. The highest BCUT2D eigenvalue weighted by atomic mass is 79.9. The van der Waals surface area contributed by atoms with Crippen LogP contribution in [0.1, 0.15) is 17.7 Å². The monoisotopic (exact) mass is 475 g/mol. The Hall–Kier alpha value is -1.13. The summed E-state index contributed by atoms with van der Waals surface area (Å²) < 4.78 is 45.1. The number of benzene rings is 1. The second-order valence-corrected chi connectivity index (χ2v) is 9.94. The van der Waals surface area contributed by atoms with Gasteiger partial charge in [-0.1, -0.05) is 6.07 Å². The van der Waals surface area contributed by atoms with E-state index in [0.717, 1.165) is 17.7 Å². The Labute approximate surface area is 172 Å². The van der Waals surface area contributed by atoms with Gasteiger partial charge in [-0.15, -0.1) is 11.3 Å². The van der Waals surface area contributed by atoms with Gasteiger partial charge in [0, 0.05) is 35.1 Å². The van der Waals surface area contributed by atoms with Crippen LogP contribution in [0.4, 0.5) is 0 Å². The van der Waals surface area contributed by atoms with Crippen LogP contribution in [-0.4, -0.2) is 46.2 Å². The number of ether oxygens (including phenoxy) is 3. The summed E-state index contributed by atoms with van der Waals surface area (Å²) in [5.74, 6) is 0.833. The van der Waals surface area contributed by atoms with Gasteiger partial charge >= 0.3 is 0 Å². The molecule has 1 aromatic heterocycles. The first-order valence-corrected chi connectivity index (χ1v) is 11.6. The van der Waals surface area contributed by atoms with E-state index >= 15 is 0 Å². The lowest BCUT2D eigenvalue weighted by Crippen LogP contribution is -2.37. The maximum absolute atomic E-state index is 13.5. The summed E-state index contributed by atoms with van der Waals surface area (Å²) in [7, 11) is -0.778. The number of nitrogens with zero attached hydrogens (tertiary/aromatic N) is 1. The smallest absolute Gasteiger partial charge is 0.244 e. The van der Waals surface area contributed by atoms with Gasteiger partial charge in [0.15, 0.2) is 11.5 Å². The van der Waals surface area contributed by atoms with Crippen molar-refractivity contribution in [2.24, 2.45) is 0 Å². The van der Waals surface area contributed by atoms with Crippen molar-refractivity contribution in [2.45, 2.75) is 30.4 Å². The van der Waals surface area contributed by atoms with E-state index in [-0.39, 0.29) is 11.0 Å². The van der Waals surface area contributed by atoms with E-state index < -0.39 is 10.0 Å². The molecule has 0 saturated carbocycles. The molecule has 1 fully saturated rings. The predicted molar refractivity (Wildman–Crippen MR) is 108 cm³/mol. The molecule has 0 radical (unpaired) electrons. The van der Waals surface area contributed by atoms with Gasteiger partial charge in [0.2, 0.25) is 10.0 Å². The van der Waals surface area contributed by atoms with Crippen molar-refractivity contribution in [3.63, 3.8) is 0 Å². The van der Waals surface area contributed by atoms with Crippen molar-refractivity contribution in [3.8, 4) is 11.5 Å². The molecule has 2 heterocycles. The van der Waals surface area contributed by atoms with Gasteiger partial charge in [-0.2, -0.15) is 4.31 Å². The summed E-state index contributed by atoms with van der Waals surface area (Å²) in [5.41, 5.74) is 0. The van der Waals surface area contributed by atoms with Crippen LogP contribution in [0.2, 0.25) is 0 Å². The van der Waals surface area contributed by atoms with Gasteiger partial charge in [-0.3, -0.25) is 0 Å². The molecule has 0 amide bonds. The Kier molecular flexibility index (Phi) is 6.80. The minimum Gasteiger partial charge on any atom is -0.493 e. The Balaban J connectivity index is 1.98. The summed E-state index contributed by atoms with van der Waals surface area (Å²) >= 11 is 4.91. The number of rotatable bonds is 8. The highest BCUT2D eigenvalue weighted by Crippen LogP contribution is 2.37. The third-order valence-corrected chi connectivity index (χ3v) is 8.03. The SMILES string of the molecule is COc1cc(Br)c(S(=O)(=O)N(Cc2cccs2)C[C@@H]2CCCO2)cc1OC. The zero-order chi connectivity index (χ0) is 19.4. The van der Waals surface area contributed by atoms with Gasteiger partial charge in [0.1, 0.15) is 4.90 Å². The first-order valence-electron chi connectivity index (χ1n) is 8.51. The molecule has 3 rings (SSSR count). The average Bonchev–Trinajstić information content (AvgIpc) is 3.34. The van der Waals surface area contributed by atoms with Gasteiger partial charge < -0.3 is 14.2 Å². The number of sulfonamides is 1. The fourth-order valence-electron chi connectivity index (χ4n) is 3.01. The molecule has 0 spiro atoms. The Morgan fingerprint density at radius 3 is 2.63 bits per heavy atom. The maximum Gasteiger partial charge on any atom is 0.244 e. The minimum absolute atomic E-state index is 0.0846. The molecule has 1 aliphatic rings. The van der Waals surface area contributed by atoms with E-state index in [0.29, 0.717) is 35.7 Å². The molecule has 1 atom stereocenters. The molecule has 1 saturated heterocycles. The molecule has 0 N–H and O–H groups in total. The van der Waals surface area contributed by atoms with Crippen LogP contribution in [0.5, 0.6) is 11.5 Å². The summed E-state index contributed by atoms with van der Waals surface area (Å²) in [4.78, 5) is 1.13. The Bertz CT molecular complexity index is 864. The summed E-state index contributed by atoms with van der Waals surface area (Å²) in [6.07, 6.45) is 1.74. The van der Waals surface area contributed by atoms with Gasteiger partial charge in [0.05, 0.1) is 20.3 Å². The second-order valence-electron chi connectivity index (χ2n) is 6.15. The molecular weight excluding hydrogens is 454 g/mol.